The van der Waals surface area contributed by atoms with Crippen LogP contribution < -0.4 is 10.1 Å². The molecular weight excluding hydrogens is 354 g/mol. The van der Waals surface area contributed by atoms with Crippen LogP contribution in [0.15, 0.2) is 24.3 Å². The van der Waals surface area contributed by atoms with Crippen molar-refractivity contribution in [3.8, 4) is 5.75 Å². The molecule has 1 aromatic carbocycles. The van der Waals surface area contributed by atoms with Crippen molar-refractivity contribution in [3.05, 3.63) is 29.8 Å². The number of rotatable bonds is 5. The molecule has 7 nitrogen and oxygen atoms in total. The number of nitrogens with one attached hydrogen (secondary N) is 1. The van der Waals surface area contributed by atoms with E-state index < -0.39 is 9.84 Å². The van der Waals surface area contributed by atoms with E-state index in [2.05, 4.69) is 10.2 Å². The number of hydrogen-bond donors (Lipinski definition) is 1. The van der Waals surface area contributed by atoms with Gasteiger partial charge in [0.2, 0.25) is 0 Å². The number of urea groups is 1. The lowest BCUT2D eigenvalue weighted by Crippen LogP contribution is -2.61. The zero-order valence-corrected chi connectivity index (χ0v) is 16.2. The number of amides is 2. The van der Waals surface area contributed by atoms with Gasteiger partial charge in [-0.3, -0.25) is 4.90 Å². The van der Waals surface area contributed by atoms with E-state index in [-0.39, 0.29) is 29.6 Å². The van der Waals surface area contributed by atoms with Gasteiger partial charge in [0.15, 0.2) is 9.84 Å². The maximum absolute atomic E-state index is 12.3. The fourth-order valence-electron chi connectivity index (χ4n) is 3.82. The van der Waals surface area contributed by atoms with Crippen LogP contribution in [0, 0.1) is 0 Å². The molecule has 2 amide bonds. The first-order chi connectivity index (χ1) is 12.4. The minimum atomic E-state index is -3.13. The molecule has 26 heavy (non-hydrogen) atoms. The maximum atomic E-state index is 12.3. The monoisotopic (exact) mass is 381 g/mol. The molecule has 0 saturated carbocycles. The zero-order valence-electron chi connectivity index (χ0n) is 15.3. The van der Waals surface area contributed by atoms with Crippen LogP contribution in [0.2, 0.25) is 0 Å². The molecular formula is C18H27N3O4S. The first-order valence-corrected chi connectivity index (χ1v) is 11.0. The highest BCUT2D eigenvalue weighted by Crippen LogP contribution is 2.28. The summed E-state index contributed by atoms with van der Waals surface area (Å²) in [6.07, 6.45) is 0. The number of nitrogens with zero attached hydrogens (tertiary/aromatic N) is 2. The molecule has 2 saturated heterocycles. The summed E-state index contributed by atoms with van der Waals surface area (Å²) in [7, 11) is -3.13. The largest absolute Gasteiger partial charge is 0.494 e. The summed E-state index contributed by atoms with van der Waals surface area (Å²) >= 11 is 0. The van der Waals surface area contributed by atoms with E-state index in [1.807, 2.05) is 38.1 Å². The van der Waals surface area contributed by atoms with Gasteiger partial charge in [0.25, 0.3) is 0 Å². The van der Waals surface area contributed by atoms with Gasteiger partial charge in [-0.2, -0.15) is 0 Å². The lowest BCUT2D eigenvalue weighted by Gasteiger charge is -2.43. The normalized spacial score (nSPS) is 24.9. The van der Waals surface area contributed by atoms with Gasteiger partial charge in [0.05, 0.1) is 24.2 Å². The van der Waals surface area contributed by atoms with Gasteiger partial charge in [-0.1, -0.05) is 12.1 Å². The quantitative estimate of drug-likeness (QED) is 0.826. The van der Waals surface area contributed by atoms with E-state index in [0.717, 1.165) is 11.3 Å². The van der Waals surface area contributed by atoms with Crippen LogP contribution in [-0.2, 0) is 16.4 Å². The Morgan fingerprint density at radius 3 is 2.50 bits per heavy atom. The molecule has 0 aromatic heterocycles. The Labute approximate surface area is 155 Å². The van der Waals surface area contributed by atoms with E-state index in [1.165, 1.54) is 0 Å². The zero-order chi connectivity index (χ0) is 18.7. The Morgan fingerprint density at radius 1 is 1.15 bits per heavy atom. The van der Waals surface area contributed by atoms with Crippen molar-refractivity contribution in [1.82, 2.24) is 15.1 Å². The van der Waals surface area contributed by atoms with Crippen molar-refractivity contribution >= 4 is 15.9 Å². The minimum absolute atomic E-state index is 0.0502. The Hall–Kier alpha value is -1.80. The third-order valence-electron chi connectivity index (χ3n) is 5.00. The fraction of sp³-hybridized carbons (Fsp3) is 0.611. The molecule has 2 heterocycles. The number of carbonyl (C=O) groups excluding carboxylic acids is 1. The third-order valence-corrected chi connectivity index (χ3v) is 6.70. The second-order valence-corrected chi connectivity index (χ2v) is 8.94. The fourth-order valence-corrected chi connectivity index (χ4v) is 5.83. The Bertz CT molecular complexity index is 735. The minimum Gasteiger partial charge on any atom is -0.494 e. The second kappa shape index (κ2) is 7.84. The molecule has 0 unspecified atom stereocenters. The van der Waals surface area contributed by atoms with E-state index >= 15 is 0 Å². The summed E-state index contributed by atoms with van der Waals surface area (Å²) < 4.78 is 29.9. The highest BCUT2D eigenvalue weighted by atomic mass is 32.2. The average molecular weight is 381 g/mol. The number of sulfone groups is 1. The highest BCUT2D eigenvalue weighted by Gasteiger charge is 2.47. The van der Waals surface area contributed by atoms with Crippen LogP contribution in [-0.4, -0.2) is 74.1 Å². The molecule has 144 valence electrons. The predicted octanol–water partition coefficient (Wildman–Crippen LogP) is 1.10. The predicted molar refractivity (Wildman–Crippen MR) is 100 cm³/mol. The second-order valence-electron chi connectivity index (χ2n) is 6.79. The van der Waals surface area contributed by atoms with Gasteiger partial charge in [-0.15, -0.1) is 0 Å². The van der Waals surface area contributed by atoms with E-state index in [0.29, 0.717) is 32.8 Å². The molecule has 1 aromatic rings. The Morgan fingerprint density at radius 2 is 1.85 bits per heavy atom. The molecule has 0 aliphatic carbocycles. The average Bonchev–Trinajstić information content (AvgIpc) is 2.92. The van der Waals surface area contributed by atoms with Gasteiger partial charge in [-0.05, 0) is 31.5 Å². The van der Waals surface area contributed by atoms with E-state index in [4.69, 9.17) is 4.74 Å². The lowest BCUT2D eigenvalue weighted by atomic mass is 10.0. The molecule has 2 aliphatic rings. The number of fused-ring (bicyclic) bond motifs is 1. The molecule has 0 bridgehead atoms. The van der Waals surface area contributed by atoms with Crippen LogP contribution >= 0.6 is 0 Å². The van der Waals surface area contributed by atoms with Crippen molar-refractivity contribution in [2.45, 2.75) is 32.5 Å². The summed E-state index contributed by atoms with van der Waals surface area (Å²) in [5.74, 6) is 0.998. The summed E-state index contributed by atoms with van der Waals surface area (Å²) in [6.45, 7) is 6.86. The number of benzene rings is 1. The van der Waals surface area contributed by atoms with Crippen LogP contribution in [0.1, 0.15) is 19.4 Å². The third kappa shape index (κ3) is 4.12. The molecule has 8 heteroatoms. The van der Waals surface area contributed by atoms with Crippen molar-refractivity contribution in [2.75, 3.05) is 37.7 Å². The number of ether oxygens (including phenoxy) is 1. The maximum Gasteiger partial charge on any atom is 0.317 e. The van der Waals surface area contributed by atoms with Crippen LogP contribution in [0.3, 0.4) is 0 Å². The summed E-state index contributed by atoms with van der Waals surface area (Å²) in [5.41, 5.74) is 1.11. The first-order valence-electron chi connectivity index (χ1n) is 9.14. The highest BCUT2D eigenvalue weighted by molar-refractivity contribution is 7.91. The molecule has 1 N–H and O–H groups in total. The summed E-state index contributed by atoms with van der Waals surface area (Å²) in [4.78, 5) is 16.2. The van der Waals surface area contributed by atoms with Gasteiger partial charge in [0, 0.05) is 32.2 Å². The lowest BCUT2D eigenvalue weighted by molar-refractivity contribution is 0.0608. The van der Waals surface area contributed by atoms with Crippen LogP contribution in [0.4, 0.5) is 4.79 Å². The number of piperazine rings is 1. The molecule has 0 radical (unpaired) electrons. The van der Waals surface area contributed by atoms with Crippen molar-refractivity contribution in [1.29, 1.82) is 0 Å². The molecule has 0 spiro atoms. The van der Waals surface area contributed by atoms with E-state index in [9.17, 15) is 13.2 Å². The molecule has 2 aliphatic heterocycles. The van der Waals surface area contributed by atoms with Crippen molar-refractivity contribution in [3.63, 3.8) is 0 Å². The standard InChI is InChI=1S/C18H27N3O4S/c1-3-19-18(22)21-10-9-20(16-12-26(23,24)13-17(16)21)11-14-5-7-15(8-6-14)25-4-2/h5-8,16-17H,3-4,9-13H2,1-2H3,(H,19,22)/t16-,17+/m1/s1. The smallest absolute Gasteiger partial charge is 0.317 e. The summed E-state index contributed by atoms with van der Waals surface area (Å²) in [5, 5.41) is 2.80. The Kier molecular flexibility index (Phi) is 5.72. The molecule has 2 fully saturated rings. The molecule has 3 rings (SSSR count). The van der Waals surface area contributed by atoms with Crippen molar-refractivity contribution < 1.29 is 17.9 Å². The van der Waals surface area contributed by atoms with Crippen molar-refractivity contribution in [2.24, 2.45) is 0 Å². The number of carbonyl (C=O) groups is 1. The van der Waals surface area contributed by atoms with E-state index in [1.54, 1.807) is 4.90 Å². The molecule has 2 atom stereocenters. The number of hydrogen-bond acceptors (Lipinski definition) is 5. The van der Waals surface area contributed by atoms with Gasteiger partial charge < -0.3 is 15.0 Å². The van der Waals surface area contributed by atoms with Crippen LogP contribution in [0.5, 0.6) is 5.75 Å². The van der Waals surface area contributed by atoms with Crippen LogP contribution in [0.25, 0.3) is 0 Å². The Balaban J connectivity index is 1.74. The topological polar surface area (TPSA) is 79.0 Å². The summed E-state index contributed by atoms with van der Waals surface area (Å²) in [6, 6.07) is 7.31. The van der Waals surface area contributed by atoms with Gasteiger partial charge in [-0.25, -0.2) is 13.2 Å². The van der Waals surface area contributed by atoms with Gasteiger partial charge in [0.1, 0.15) is 5.75 Å². The SMILES string of the molecule is CCNC(=O)N1CCN(Cc2ccc(OCC)cc2)[C@@H]2CS(=O)(=O)C[C@@H]21. The first kappa shape index (κ1) is 19.0. The van der Waals surface area contributed by atoms with Gasteiger partial charge >= 0.3 is 6.03 Å².